The van der Waals surface area contributed by atoms with Crippen LogP contribution in [0.15, 0.2) is 47.1 Å². The van der Waals surface area contributed by atoms with Crippen molar-refractivity contribution in [3.05, 3.63) is 48.4 Å². The second-order valence-electron chi connectivity index (χ2n) is 4.63. The van der Waals surface area contributed by atoms with Gasteiger partial charge in [0, 0.05) is 13.0 Å². The van der Waals surface area contributed by atoms with E-state index in [-0.39, 0.29) is 30.5 Å². The van der Waals surface area contributed by atoms with E-state index < -0.39 is 0 Å². The molecule has 0 unspecified atom stereocenters. The lowest BCUT2D eigenvalue weighted by Crippen LogP contribution is -2.27. The van der Waals surface area contributed by atoms with Gasteiger partial charge in [-0.3, -0.25) is 14.9 Å². The highest BCUT2D eigenvalue weighted by Gasteiger charge is 2.10. The molecule has 22 heavy (non-hydrogen) atoms. The molecule has 0 radical (unpaired) electrons. The number of fused-ring (bicyclic) bond motifs is 1. The zero-order valence-corrected chi connectivity index (χ0v) is 11.6. The molecule has 1 aromatic carbocycles. The number of aromatic nitrogens is 2. The number of imidazole rings is 1. The number of nitrogens with zero attached hydrogens (tertiary/aromatic N) is 1. The Balaban J connectivity index is 1.49. The van der Waals surface area contributed by atoms with Crippen molar-refractivity contribution in [2.75, 3.05) is 11.9 Å². The van der Waals surface area contributed by atoms with E-state index in [2.05, 4.69) is 20.6 Å². The second kappa shape index (κ2) is 6.13. The maximum Gasteiger partial charge on any atom is 0.286 e. The smallest absolute Gasteiger partial charge is 0.286 e. The van der Waals surface area contributed by atoms with Crippen molar-refractivity contribution < 1.29 is 14.0 Å². The summed E-state index contributed by atoms with van der Waals surface area (Å²) in [5, 5.41) is 5.26. The first-order valence-corrected chi connectivity index (χ1v) is 6.79. The Morgan fingerprint density at radius 2 is 2.05 bits per heavy atom. The van der Waals surface area contributed by atoms with E-state index in [0.717, 1.165) is 11.0 Å². The molecule has 2 heterocycles. The molecule has 112 valence electrons. The van der Waals surface area contributed by atoms with Gasteiger partial charge in [-0.25, -0.2) is 4.98 Å². The molecule has 0 spiro atoms. The lowest BCUT2D eigenvalue weighted by atomic mass is 10.3. The molecule has 0 aliphatic rings. The van der Waals surface area contributed by atoms with E-state index in [1.807, 2.05) is 24.3 Å². The predicted molar refractivity (Wildman–Crippen MR) is 80.4 cm³/mol. The van der Waals surface area contributed by atoms with E-state index >= 15 is 0 Å². The lowest BCUT2D eigenvalue weighted by Gasteiger charge is -2.03. The Morgan fingerprint density at radius 3 is 2.82 bits per heavy atom. The number of benzene rings is 1. The molecule has 7 heteroatoms. The van der Waals surface area contributed by atoms with Crippen molar-refractivity contribution in [3.63, 3.8) is 0 Å². The van der Waals surface area contributed by atoms with E-state index in [4.69, 9.17) is 4.42 Å². The van der Waals surface area contributed by atoms with Crippen LogP contribution in [-0.4, -0.2) is 28.3 Å². The lowest BCUT2D eigenvalue weighted by molar-refractivity contribution is -0.116. The minimum Gasteiger partial charge on any atom is -0.459 e. The Bertz CT molecular complexity index is 759. The monoisotopic (exact) mass is 298 g/mol. The molecule has 2 aromatic heterocycles. The minimum atomic E-state index is -0.346. The largest absolute Gasteiger partial charge is 0.459 e. The van der Waals surface area contributed by atoms with E-state index in [0.29, 0.717) is 5.95 Å². The van der Waals surface area contributed by atoms with Crippen LogP contribution in [0.3, 0.4) is 0 Å². The van der Waals surface area contributed by atoms with Crippen molar-refractivity contribution in [1.82, 2.24) is 15.3 Å². The molecular formula is C15H14N4O3. The summed E-state index contributed by atoms with van der Waals surface area (Å²) in [6, 6.07) is 10.7. The summed E-state index contributed by atoms with van der Waals surface area (Å²) in [5.74, 6) is 0.0293. The van der Waals surface area contributed by atoms with E-state index in [9.17, 15) is 9.59 Å². The van der Waals surface area contributed by atoms with Crippen molar-refractivity contribution in [2.45, 2.75) is 6.42 Å². The fourth-order valence-corrected chi connectivity index (χ4v) is 1.99. The predicted octanol–water partition coefficient (Wildman–Crippen LogP) is 1.91. The molecule has 0 saturated heterocycles. The number of nitrogens with one attached hydrogen (secondary N) is 3. The molecule has 3 rings (SSSR count). The highest BCUT2D eigenvalue weighted by molar-refractivity contribution is 5.93. The van der Waals surface area contributed by atoms with Crippen molar-refractivity contribution in [2.24, 2.45) is 0 Å². The number of carbonyl (C=O) groups is 2. The first-order chi connectivity index (χ1) is 10.7. The van der Waals surface area contributed by atoms with Crippen LogP contribution in [0.25, 0.3) is 11.0 Å². The molecule has 3 N–H and O–H groups in total. The zero-order valence-electron chi connectivity index (χ0n) is 11.6. The molecular weight excluding hydrogens is 284 g/mol. The van der Waals surface area contributed by atoms with Gasteiger partial charge < -0.3 is 14.7 Å². The number of carbonyl (C=O) groups excluding carboxylic acids is 2. The van der Waals surface area contributed by atoms with Crippen LogP contribution in [0.1, 0.15) is 17.0 Å². The summed E-state index contributed by atoms with van der Waals surface area (Å²) in [6.07, 6.45) is 1.56. The van der Waals surface area contributed by atoms with E-state index in [1.165, 1.54) is 6.26 Å². The fraction of sp³-hybridized carbons (Fsp3) is 0.133. The van der Waals surface area contributed by atoms with Gasteiger partial charge >= 0.3 is 0 Å². The number of amides is 2. The second-order valence-corrected chi connectivity index (χ2v) is 4.63. The Morgan fingerprint density at radius 1 is 1.18 bits per heavy atom. The molecule has 0 bridgehead atoms. The normalized spacial score (nSPS) is 10.5. The topological polar surface area (TPSA) is 100 Å². The maximum absolute atomic E-state index is 11.8. The molecule has 0 atom stereocenters. The summed E-state index contributed by atoms with van der Waals surface area (Å²) in [5.41, 5.74) is 1.63. The summed E-state index contributed by atoms with van der Waals surface area (Å²) in [7, 11) is 0. The highest BCUT2D eigenvalue weighted by Crippen LogP contribution is 2.13. The van der Waals surface area contributed by atoms with Crippen LogP contribution in [0, 0.1) is 0 Å². The molecule has 7 nitrogen and oxygen atoms in total. The number of furan rings is 1. The molecule has 0 aliphatic heterocycles. The Labute approximate surface area is 125 Å². The number of aromatic amines is 1. The van der Waals surface area contributed by atoms with Gasteiger partial charge in [-0.1, -0.05) is 12.1 Å². The number of rotatable bonds is 5. The van der Waals surface area contributed by atoms with Gasteiger partial charge in [0.2, 0.25) is 11.9 Å². The minimum absolute atomic E-state index is 0.142. The maximum atomic E-state index is 11.8. The zero-order chi connectivity index (χ0) is 15.4. The Kier molecular flexibility index (Phi) is 3.86. The van der Waals surface area contributed by atoms with Crippen molar-refractivity contribution in [3.8, 4) is 0 Å². The molecule has 0 fully saturated rings. The van der Waals surface area contributed by atoms with Crippen LogP contribution >= 0.6 is 0 Å². The average molecular weight is 298 g/mol. The SMILES string of the molecule is O=C(CCNC(=O)c1ccco1)Nc1nc2ccccc2[nH]1. The van der Waals surface area contributed by atoms with Crippen LogP contribution in [0.5, 0.6) is 0 Å². The third-order valence-corrected chi connectivity index (χ3v) is 3.03. The van der Waals surface area contributed by atoms with Gasteiger partial charge in [-0.2, -0.15) is 0 Å². The quantitative estimate of drug-likeness (QED) is 0.670. The number of anilines is 1. The van der Waals surface area contributed by atoms with E-state index in [1.54, 1.807) is 12.1 Å². The summed E-state index contributed by atoms with van der Waals surface area (Å²) in [4.78, 5) is 30.7. The van der Waals surface area contributed by atoms with Gasteiger partial charge in [0.25, 0.3) is 5.91 Å². The van der Waals surface area contributed by atoms with Crippen LogP contribution < -0.4 is 10.6 Å². The molecule has 0 saturated carbocycles. The third kappa shape index (κ3) is 3.14. The van der Waals surface area contributed by atoms with Crippen LogP contribution in [-0.2, 0) is 4.79 Å². The molecule has 3 aromatic rings. The number of para-hydroxylation sites is 2. The van der Waals surface area contributed by atoms with Gasteiger partial charge in [0.1, 0.15) is 0 Å². The molecule has 2 amide bonds. The van der Waals surface area contributed by atoms with Crippen LogP contribution in [0.2, 0.25) is 0 Å². The number of hydrogen-bond acceptors (Lipinski definition) is 4. The summed E-state index contributed by atoms with van der Waals surface area (Å²) < 4.78 is 4.95. The fourth-order valence-electron chi connectivity index (χ4n) is 1.99. The van der Waals surface area contributed by atoms with Crippen LogP contribution in [0.4, 0.5) is 5.95 Å². The van der Waals surface area contributed by atoms with Gasteiger partial charge in [-0.15, -0.1) is 0 Å². The number of hydrogen-bond donors (Lipinski definition) is 3. The van der Waals surface area contributed by atoms with Gasteiger partial charge in [-0.05, 0) is 24.3 Å². The standard InChI is InChI=1S/C15H14N4O3/c20-13(7-8-16-14(21)12-6-3-9-22-12)19-15-17-10-4-1-2-5-11(10)18-15/h1-6,9H,7-8H2,(H,16,21)(H2,17,18,19,20). The van der Waals surface area contributed by atoms with Crippen molar-refractivity contribution >= 4 is 28.8 Å². The molecule has 0 aliphatic carbocycles. The third-order valence-electron chi connectivity index (χ3n) is 3.03. The highest BCUT2D eigenvalue weighted by atomic mass is 16.3. The average Bonchev–Trinajstić information content (AvgIpc) is 3.15. The first-order valence-electron chi connectivity index (χ1n) is 6.79. The van der Waals surface area contributed by atoms with Gasteiger partial charge in [0.15, 0.2) is 5.76 Å². The Hall–Kier alpha value is -3.09. The first kappa shape index (κ1) is 13.9. The summed E-state index contributed by atoms with van der Waals surface area (Å²) in [6.45, 7) is 0.214. The van der Waals surface area contributed by atoms with Gasteiger partial charge in [0.05, 0.1) is 17.3 Å². The number of H-pyrrole nitrogens is 1. The van der Waals surface area contributed by atoms with Crippen molar-refractivity contribution in [1.29, 1.82) is 0 Å². The summed E-state index contributed by atoms with van der Waals surface area (Å²) >= 11 is 0.